The molecule has 0 unspecified atom stereocenters. The van der Waals surface area contributed by atoms with Crippen molar-refractivity contribution in [1.29, 1.82) is 0 Å². The lowest BCUT2D eigenvalue weighted by atomic mass is 10.1. The zero-order chi connectivity index (χ0) is 21.9. The Morgan fingerprint density at radius 2 is 1.72 bits per heavy atom. The number of benzene rings is 2. The number of para-hydroxylation sites is 1. The molecule has 5 rings (SSSR count). The number of nitrogens with zero attached hydrogens (tertiary/aromatic N) is 5. The monoisotopic (exact) mass is 424 g/mol. The Hall–Kier alpha value is -4.00. The first kappa shape index (κ1) is 19.9. The van der Waals surface area contributed by atoms with Gasteiger partial charge in [0.2, 0.25) is 0 Å². The molecule has 0 atom stereocenters. The molecule has 2 aromatic carbocycles. The van der Waals surface area contributed by atoms with Gasteiger partial charge in [-0.15, -0.1) is 10.2 Å². The average molecular weight is 425 g/mol. The Kier molecular flexibility index (Phi) is 5.37. The van der Waals surface area contributed by atoms with Gasteiger partial charge in [-0.1, -0.05) is 55.5 Å². The maximum Gasteiger partial charge on any atom is 0.272 e. The third-order valence-corrected chi connectivity index (χ3v) is 5.66. The number of nitrogens with one attached hydrogen (secondary N) is 1. The van der Waals surface area contributed by atoms with Crippen molar-refractivity contribution in [3.8, 4) is 0 Å². The summed E-state index contributed by atoms with van der Waals surface area (Å²) >= 11 is 0. The fourth-order valence-electron chi connectivity index (χ4n) is 3.90. The zero-order valence-electron chi connectivity index (χ0n) is 17.9. The highest BCUT2D eigenvalue weighted by Gasteiger charge is 2.17. The van der Waals surface area contributed by atoms with Gasteiger partial charge in [-0.25, -0.2) is 0 Å². The fourth-order valence-corrected chi connectivity index (χ4v) is 3.90. The number of rotatable bonds is 7. The maximum absolute atomic E-state index is 13.0. The average Bonchev–Trinajstić information content (AvgIpc) is 3.41. The van der Waals surface area contributed by atoms with Gasteiger partial charge >= 0.3 is 0 Å². The third-order valence-electron chi connectivity index (χ3n) is 5.66. The van der Waals surface area contributed by atoms with Crippen molar-refractivity contribution in [3.63, 3.8) is 0 Å². The van der Waals surface area contributed by atoms with Crippen molar-refractivity contribution >= 4 is 22.5 Å². The smallest absolute Gasteiger partial charge is 0.272 e. The molecule has 0 radical (unpaired) electrons. The fraction of sp³-hybridized carbons (Fsp3) is 0.200. The minimum absolute atomic E-state index is 0.185. The first-order valence-corrected chi connectivity index (χ1v) is 10.8. The molecule has 0 aliphatic heterocycles. The predicted molar refractivity (Wildman–Crippen MR) is 124 cm³/mol. The summed E-state index contributed by atoms with van der Waals surface area (Å²) in [6.45, 7) is 3.21. The second kappa shape index (κ2) is 8.63. The van der Waals surface area contributed by atoms with Crippen LogP contribution in [-0.2, 0) is 19.4 Å². The van der Waals surface area contributed by atoms with E-state index in [9.17, 15) is 4.79 Å². The van der Waals surface area contributed by atoms with Crippen molar-refractivity contribution in [3.05, 3.63) is 95.6 Å². The second-order valence-electron chi connectivity index (χ2n) is 7.74. The molecule has 0 aliphatic carbocycles. The second-order valence-corrected chi connectivity index (χ2v) is 7.74. The van der Waals surface area contributed by atoms with Crippen LogP contribution in [0.25, 0.3) is 16.6 Å². The van der Waals surface area contributed by atoms with Crippen LogP contribution in [0.2, 0.25) is 0 Å². The van der Waals surface area contributed by atoms with Crippen molar-refractivity contribution in [2.75, 3.05) is 6.54 Å². The summed E-state index contributed by atoms with van der Waals surface area (Å²) in [5.41, 5.74) is 4.64. The molecule has 0 aliphatic rings. The molecule has 7 heteroatoms. The molecule has 5 aromatic rings. The van der Waals surface area contributed by atoms with Crippen LogP contribution >= 0.6 is 0 Å². The molecule has 0 spiro atoms. The van der Waals surface area contributed by atoms with E-state index >= 15 is 0 Å². The van der Waals surface area contributed by atoms with Crippen LogP contribution in [0, 0.1) is 0 Å². The largest absolute Gasteiger partial charge is 0.350 e. The van der Waals surface area contributed by atoms with Crippen molar-refractivity contribution in [1.82, 2.24) is 29.7 Å². The standard InChI is InChI=1S/C25H24N6O/c1-2-18-10-12-19(13-11-18)17-31-21-8-4-3-7-20(21)24(29-31)25(32)26-15-14-23-28-27-22-9-5-6-16-30(22)23/h3-13,16H,2,14-15,17H2,1H3,(H,26,32). The first-order valence-electron chi connectivity index (χ1n) is 10.8. The van der Waals surface area contributed by atoms with Gasteiger partial charge in [0.15, 0.2) is 11.3 Å². The first-order chi connectivity index (χ1) is 15.7. The summed E-state index contributed by atoms with van der Waals surface area (Å²) in [5, 5.41) is 16.9. The number of carbonyl (C=O) groups excluding carboxylic acids is 1. The Balaban J connectivity index is 1.33. The van der Waals surface area contributed by atoms with Crippen LogP contribution in [0.1, 0.15) is 34.4 Å². The lowest BCUT2D eigenvalue weighted by molar-refractivity contribution is 0.0949. The summed E-state index contributed by atoms with van der Waals surface area (Å²) in [6, 6.07) is 22.2. The van der Waals surface area contributed by atoms with E-state index in [1.165, 1.54) is 5.56 Å². The summed E-state index contributed by atoms with van der Waals surface area (Å²) in [4.78, 5) is 13.0. The number of pyridine rings is 1. The van der Waals surface area contributed by atoms with Gasteiger partial charge in [-0.2, -0.15) is 5.10 Å². The van der Waals surface area contributed by atoms with Crippen LogP contribution in [0.3, 0.4) is 0 Å². The van der Waals surface area contributed by atoms with Crippen LogP contribution in [-0.4, -0.2) is 36.8 Å². The topological polar surface area (TPSA) is 77.1 Å². The molecule has 0 saturated heterocycles. The molecule has 160 valence electrons. The minimum Gasteiger partial charge on any atom is -0.350 e. The van der Waals surface area contributed by atoms with Crippen LogP contribution in [0.15, 0.2) is 72.9 Å². The summed E-state index contributed by atoms with van der Waals surface area (Å²) in [6.07, 6.45) is 3.52. The van der Waals surface area contributed by atoms with Gasteiger partial charge < -0.3 is 5.32 Å². The van der Waals surface area contributed by atoms with Crippen LogP contribution in [0.4, 0.5) is 0 Å². The van der Waals surface area contributed by atoms with E-state index in [2.05, 4.69) is 51.8 Å². The Bertz CT molecular complexity index is 1380. The van der Waals surface area contributed by atoms with Gasteiger partial charge in [-0.05, 0) is 35.7 Å². The molecular formula is C25H24N6O. The van der Waals surface area contributed by atoms with E-state index < -0.39 is 0 Å². The van der Waals surface area contributed by atoms with E-state index in [4.69, 9.17) is 0 Å². The lowest BCUT2D eigenvalue weighted by Gasteiger charge is -2.05. The van der Waals surface area contributed by atoms with E-state index in [1.54, 1.807) is 0 Å². The molecule has 1 N–H and O–H groups in total. The van der Waals surface area contributed by atoms with Crippen molar-refractivity contribution in [2.24, 2.45) is 0 Å². The molecule has 7 nitrogen and oxygen atoms in total. The third kappa shape index (κ3) is 3.85. The van der Waals surface area contributed by atoms with E-state index in [1.807, 2.05) is 57.7 Å². The van der Waals surface area contributed by atoms with Crippen molar-refractivity contribution in [2.45, 2.75) is 26.3 Å². The number of hydrogen-bond donors (Lipinski definition) is 1. The van der Waals surface area contributed by atoms with Gasteiger partial charge in [0, 0.05) is 24.5 Å². The van der Waals surface area contributed by atoms with Gasteiger partial charge in [0.25, 0.3) is 5.91 Å². The molecular weight excluding hydrogens is 400 g/mol. The molecule has 0 bridgehead atoms. The number of amides is 1. The summed E-state index contributed by atoms with van der Waals surface area (Å²) in [5.74, 6) is 0.627. The normalized spacial score (nSPS) is 11.3. The number of fused-ring (bicyclic) bond motifs is 2. The number of aryl methyl sites for hydroxylation is 1. The molecule has 0 saturated carbocycles. The zero-order valence-corrected chi connectivity index (χ0v) is 17.9. The van der Waals surface area contributed by atoms with Gasteiger partial charge in [0.05, 0.1) is 12.1 Å². The SMILES string of the molecule is CCc1ccc(Cn2nc(C(=O)NCCc3nnc4ccccn34)c3ccccc32)cc1. The molecule has 3 aromatic heterocycles. The van der Waals surface area contributed by atoms with E-state index in [0.717, 1.165) is 34.4 Å². The van der Waals surface area contributed by atoms with E-state index in [-0.39, 0.29) is 5.91 Å². The summed E-state index contributed by atoms with van der Waals surface area (Å²) in [7, 11) is 0. The maximum atomic E-state index is 13.0. The van der Waals surface area contributed by atoms with E-state index in [0.29, 0.717) is 25.2 Å². The highest BCUT2D eigenvalue weighted by Crippen LogP contribution is 2.20. The number of aromatic nitrogens is 5. The Morgan fingerprint density at radius 1 is 0.938 bits per heavy atom. The molecule has 1 amide bonds. The number of carbonyl (C=O) groups is 1. The predicted octanol–water partition coefficient (Wildman–Crippen LogP) is 3.66. The molecule has 3 heterocycles. The van der Waals surface area contributed by atoms with Gasteiger partial charge in [0.1, 0.15) is 5.82 Å². The molecule has 0 fully saturated rings. The highest BCUT2D eigenvalue weighted by atomic mass is 16.1. The van der Waals surface area contributed by atoms with Crippen LogP contribution in [0.5, 0.6) is 0 Å². The van der Waals surface area contributed by atoms with Crippen LogP contribution < -0.4 is 5.32 Å². The quantitative estimate of drug-likeness (QED) is 0.433. The number of hydrogen-bond acceptors (Lipinski definition) is 4. The Labute approximate surface area is 185 Å². The van der Waals surface area contributed by atoms with Gasteiger partial charge in [-0.3, -0.25) is 13.9 Å². The highest BCUT2D eigenvalue weighted by molar-refractivity contribution is 6.04. The lowest BCUT2D eigenvalue weighted by Crippen LogP contribution is -2.27. The minimum atomic E-state index is -0.185. The van der Waals surface area contributed by atoms with Crippen molar-refractivity contribution < 1.29 is 4.79 Å². The summed E-state index contributed by atoms with van der Waals surface area (Å²) < 4.78 is 3.83. The Morgan fingerprint density at radius 3 is 2.56 bits per heavy atom. The molecule has 32 heavy (non-hydrogen) atoms.